The summed E-state index contributed by atoms with van der Waals surface area (Å²) in [6, 6.07) is 13.4. The minimum atomic E-state index is -0.688. The highest BCUT2D eigenvalue weighted by Gasteiger charge is 2.44. The Kier molecular flexibility index (Phi) is 5.48. The van der Waals surface area contributed by atoms with E-state index in [1.54, 1.807) is 35.2 Å². The first kappa shape index (κ1) is 20.8. The molecule has 0 spiro atoms. The van der Waals surface area contributed by atoms with Crippen molar-refractivity contribution in [2.45, 2.75) is 18.6 Å². The molecule has 3 amide bonds. The molecule has 8 nitrogen and oxygen atoms in total. The van der Waals surface area contributed by atoms with E-state index in [-0.39, 0.29) is 30.7 Å². The average molecular weight is 456 g/mol. The van der Waals surface area contributed by atoms with Crippen molar-refractivity contribution in [3.63, 3.8) is 0 Å². The normalized spacial score (nSPS) is 23.5. The van der Waals surface area contributed by atoms with Crippen LogP contribution in [0.1, 0.15) is 6.42 Å². The molecule has 0 bridgehead atoms. The number of anilines is 1. The Balaban J connectivity index is 1.20. The number of amides is 3. The lowest BCUT2D eigenvalue weighted by Gasteiger charge is -2.38. The largest absolute Gasteiger partial charge is 0.485 e. The van der Waals surface area contributed by atoms with Crippen molar-refractivity contribution in [1.82, 2.24) is 9.80 Å². The first-order valence-electron chi connectivity index (χ1n) is 10.5. The average Bonchev–Trinajstić information content (AvgIpc) is 3.12. The number of piperazine rings is 1. The quantitative estimate of drug-likeness (QED) is 0.658. The lowest BCUT2D eigenvalue weighted by atomic mass is 10.1. The highest BCUT2D eigenvalue weighted by Crippen LogP contribution is 2.32. The molecule has 166 valence electrons. The van der Waals surface area contributed by atoms with Gasteiger partial charge in [0.25, 0.3) is 11.8 Å². The zero-order valence-electron chi connectivity index (χ0n) is 17.3. The molecule has 0 aromatic heterocycles. The van der Waals surface area contributed by atoms with Crippen molar-refractivity contribution in [3.05, 3.63) is 53.6 Å². The zero-order valence-corrected chi connectivity index (χ0v) is 18.0. The highest BCUT2D eigenvalue weighted by atomic mass is 35.5. The lowest BCUT2D eigenvalue weighted by Crippen LogP contribution is -2.57. The van der Waals surface area contributed by atoms with Crippen LogP contribution in [0.15, 0.2) is 48.5 Å². The van der Waals surface area contributed by atoms with Gasteiger partial charge in [-0.25, -0.2) is 4.90 Å². The van der Waals surface area contributed by atoms with Crippen LogP contribution in [-0.4, -0.2) is 72.5 Å². The van der Waals surface area contributed by atoms with Gasteiger partial charge in [-0.05, 0) is 36.4 Å². The van der Waals surface area contributed by atoms with E-state index in [2.05, 4.69) is 0 Å². The summed E-state index contributed by atoms with van der Waals surface area (Å²) >= 11 is 5.92. The van der Waals surface area contributed by atoms with Crippen LogP contribution < -0.4 is 14.4 Å². The third-order valence-electron chi connectivity index (χ3n) is 6.06. The van der Waals surface area contributed by atoms with Gasteiger partial charge in [0.2, 0.25) is 12.0 Å². The van der Waals surface area contributed by atoms with E-state index in [0.717, 1.165) is 0 Å². The number of hydrogen-bond donors (Lipinski definition) is 0. The smallest absolute Gasteiger partial charge is 0.267 e. The fraction of sp³-hybridized carbons (Fsp3) is 0.348. The van der Waals surface area contributed by atoms with E-state index in [4.69, 9.17) is 21.1 Å². The van der Waals surface area contributed by atoms with E-state index < -0.39 is 12.1 Å². The van der Waals surface area contributed by atoms with Gasteiger partial charge in [0, 0.05) is 31.2 Å². The number of imide groups is 1. The van der Waals surface area contributed by atoms with E-state index in [9.17, 15) is 14.4 Å². The molecule has 0 aliphatic carbocycles. The molecule has 3 heterocycles. The molecule has 3 aliphatic rings. The van der Waals surface area contributed by atoms with Gasteiger partial charge >= 0.3 is 0 Å². The Bertz CT molecular complexity index is 1050. The molecule has 2 aromatic rings. The van der Waals surface area contributed by atoms with Crippen LogP contribution in [0.4, 0.5) is 5.69 Å². The van der Waals surface area contributed by atoms with Crippen LogP contribution in [0.5, 0.6) is 11.5 Å². The van der Waals surface area contributed by atoms with Gasteiger partial charge in [-0.2, -0.15) is 0 Å². The maximum absolute atomic E-state index is 13.0. The number of carbonyl (C=O) groups is 3. The van der Waals surface area contributed by atoms with Gasteiger partial charge in [-0.3, -0.25) is 19.3 Å². The summed E-state index contributed by atoms with van der Waals surface area (Å²) in [5.74, 6) is 0.602. The van der Waals surface area contributed by atoms with Crippen LogP contribution >= 0.6 is 11.6 Å². The molecule has 9 heteroatoms. The predicted octanol–water partition coefficient (Wildman–Crippen LogP) is 1.96. The van der Waals surface area contributed by atoms with Crippen molar-refractivity contribution >= 4 is 35.0 Å². The topological polar surface area (TPSA) is 79.4 Å². The standard InChI is InChI=1S/C23H22ClN3O5/c24-15-5-7-16(8-6-15)27-21(28)13-17(22(27)29)25-9-11-26(12-10-25)23(30)20-14-31-18-3-1-2-4-19(18)32-20/h1-8,17,20H,9-14H2/t17-,20+/m1/s1. The van der Waals surface area contributed by atoms with E-state index >= 15 is 0 Å². The number of para-hydroxylation sites is 2. The number of benzene rings is 2. The van der Waals surface area contributed by atoms with Gasteiger partial charge in [-0.1, -0.05) is 23.7 Å². The summed E-state index contributed by atoms with van der Waals surface area (Å²) in [5, 5.41) is 0.543. The number of ether oxygens (including phenoxy) is 2. The minimum Gasteiger partial charge on any atom is -0.485 e. The van der Waals surface area contributed by atoms with Gasteiger partial charge < -0.3 is 14.4 Å². The van der Waals surface area contributed by atoms with Gasteiger partial charge in [0.05, 0.1) is 18.2 Å². The molecule has 0 unspecified atom stereocenters. The van der Waals surface area contributed by atoms with E-state index in [1.165, 1.54) is 4.90 Å². The number of fused-ring (bicyclic) bond motifs is 1. The van der Waals surface area contributed by atoms with Gasteiger partial charge in [0.1, 0.15) is 6.61 Å². The number of nitrogens with zero attached hydrogens (tertiary/aromatic N) is 3. The second-order valence-electron chi connectivity index (χ2n) is 7.99. The molecule has 3 aliphatic heterocycles. The molecule has 2 aromatic carbocycles. The van der Waals surface area contributed by atoms with Crippen LogP contribution in [-0.2, 0) is 14.4 Å². The molecule has 0 N–H and O–H groups in total. The monoisotopic (exact) mass is 455 g/mol. The second kappa shape index (κ2) is 8.44. The number of hydrogen-bond acceptors (Lipinski definition) is 6. The SMILES string of the molecule is O=C([C@@H]1COc2ccccc2O1)N1CCN([C@@H]2CC(=O)N(c3ccc(Cl)cc3)C2=O)CC1. The number of halogens is 1. The molecular formula is C23H22ClN3O5. The molecule has 5 rings (SSSR count). The van der Waals surface area contributed by atoms with Crippen molar-refractivity contribution in [2.75, 3.05) is 37.7 Å². The lowest BCUT2D eigenvalue weighted by molar-refractivity contribution is -0.143. The van der Waals surface area contributed by atoms with Crippen LogP contribution in [0.3, 0.4) is 0 Å². The first-order valence-corrected chi connectivity index (χ1v) is 10.9. The molecule has 32 heavy (non-hydrogen) atoms. The van der Waals surface area contributed by atoms with E-state index in [1.807, 2.05) is 23.1 Å². The molecule has 2 saturated heterocycles. The summed E-state index contributed by atoms with van der Waals surface area (Å²) in [4.78, 5) is 43.4. The molecule has 0 radical (unpaired) electrons. The maximum atomic E-state index is 13.0. The molecule has 0 saturated carbocycles. The third-order valence-corrected chi connectivity index (χ3v) is 6.31. The van der Waals surface area contributed by atoms with Crippen LogP contribution in [0, 0.1) is 0 Å². The van der Waals surface area contributed by atoms with Crippen LogP contribution in [0.2, 0.25) is 5.02 Å². The summed E-state index contributed by atoms with van der Waals surface area (Å²) in [6.07, 6.45) is -0.558. The fourth-order valence-corrected chi connectivity index (χ4v) is 4.49. The van der Waals surface area contributed by atoms with Crippen molar-refractivity contribution in [3.8, 4) is 11.5 Å². The Morgan fingerprint density at radius 1 is 0.938 bits per heavy atom. The third kappa shape index (κ3) is 3.80. The fourth-order valence-electron chi connectivity index (χ4n) is 4.36. The maximum Gasteiger partial charge on any atom is 0.267 e. The highest BCUT2D eigenvalue weighted by molar-refractivity contribution is 6.30. The van der Waals surface area contributed by atoms with Gasteiger partial charge in [0.15, 0.2) is 11.5 Å². The van der Waals surface area contributed by atoms with Gasteiger partial charge in [-0.15, -0.1) is 0 Å². The number of rotatable bonds is 3. The van der Waals surface area contributed by atoms with Crippen molar-refractivity contribution in [1.29, 1.82) is 0 Å². The van der Waals surface area contributed by atoms with Crippen LogP contribution in [0.25, 0.3) is 0 Å². The minimum absolute atomic E-state index is 0.129. The summed E-state index contributed by atoms with van der Waals surface area (Å²) in [5.41, 5.74) is 0.524. The summed E-state index contributed by atoms with van der Waals surface area (Å²) in [6.45, 7) is 2.10. The molecule has 2 fully saturated rings. The predicted molar refractivity (Wildman–Crippen MR) is 117 cm³/mol. The Hall–Kier alpha value is -3.10. The Morgan fingerprint density at radius 2 is 1.62 bits per heavy atom. The summed E-state index contributed by atoms with van der Waals surface area (Å²) < 4.78 is 11.5. The number of carbonyl (C=O) groups excluding carboxylic acids is 3. The second-order valence-corrected chi connectivity index (χ2v) is 8.43. The first-order chi connectivity index (χ1) is 15.5. The molecular weight excluding hydrogens is 434 g/mol. The zero-order chi connectivity index (χ0) is 22.2. The summed E-state index contributed by atoms with van der Waals surface area (Å²) in [7, 11) is 0. The molecule has 2 atom stereocenters. The van der Waals surface area contributed by atoms with E-state index in [0.29, 0.717) is 48.4 Å². The Labute approximate surface area is 190 Å². The van der Waals surface area contributed by atoms with Crippen molar-refractivity contribution < 1.29 is 23.9 Å². The Morgan fingerprint density at radius 3 is 2.34 bits per heavy atom. The van der Waals surface area contributed by atoms with Crippen molar-refractivity contribution in [2.24, 2.45) is 0 Å².